The zero-order chi connectivity index (χ0) is 18.2. The summed E-state index contributed by atoms with van der Waals surface area (Å²) >= 11 is 12.2. The van der Waals surface area contributed by atoms with Crippen molar-refractivity contribution in [3.63, 3.8) is 0 Å². The molecule has 0 aliphatic heterocycles. The third kappa shape index (κ3) is 7.32. The highest BCUT2D eigenvalue weighted by Gasteiger charge is 2.08. The lowest BCUT2D eigenvalue weighted by atomic mass is 10.1. The largest absolute Gasteiger partial charge is 0.396 e. The van der Waals surface area contributed by atoms with E-state index in [9.17, 15) is 4.39 Å². The van der Waals surface area contributed by atoms with Gasteiger partial charge in [0.2, 0.25) is 0 Å². The van der Waals surface area contributed by atoms with E-state index in [1.165, 1.54) is 17.7 Å². The van der Waals surface area contributed by atoms with E-state index in [2.05, 4.69) is 11.8 Å². The van der Waals surface area contributed by atoms with Crippen molar-refractivity contribution in [3.8, 4) is 0 Å². The van der Waals surface area contributed by atoms with Gasteiger partial charge in [0.1, 0.15) is 5.82 Å². The molecule has 2 aromatic rings. The van der Waals surface area contributed by atoms with E-state index in [-0.39, 0.29) is 18.2 Å². The average Bonchev–Trinajstić information content (AvgIpc) is 2.59. The quantitative estimate of drug-likeness (QED) is 0.503. The fourth-order valence-corrected chi connectivity index (χ4v) is 3.41. The first-order valence-corrected chi connectivity index (χ1v) is 9.45. The highest BCUT2D eigenvalue weighted by molar-refractivity contribution is 6.38. The number of halogens is 4. The van der Waals surface area contributed by atoms with Gasteiger partial charge in [-0.2, -0.15) is 0 Å². The third-order valence-corrected chi connectivity index (χ3v) is 4.87. The number of aryl methyl sites for hydroxylation is 1. The summed E-state index contributed by atoms with van der Waals surface area (Å²) in [5, 5.41) is 1.03. The number of nitrogen functional groups attached to an aromatic ring is 1. The van der Waals surface area contributed by atoms with Gasteiger partial charge in [0.05, 0.1) is 15.7 Å². The zero-order valence-electron chi connectivity index (χ0n) is 15.0. The monoisotopic (exact) mass is 418 g/mol. The second kappa shape index (κ2) is 11.7. The summed E-state index contributed by atoms with van der Waals surface area (Å²) in [4.78, 5) is 2.45. The molecule has 0 spiro atoms. The molecule has 144 valence electrons. The van der Waals surface area contributed by atoms with Gasteiger partial charge < -0.3 is 10.6 Å². The summed E-state index contributed by atoms with van der Waals surface area (Å²) in [5.74, 6) is -0.183. The molecule has 0 saturated carbocycles. The zero-order valence-corrected chi connectivity index (χ0v) is 17.3. The molecule has 0 aromatic heterocycles. The molecule has 0 radical (unpaired) electrons. The van der Waals surface area contributed by atoms with Crippen LogP contribution in [0.2, 0.25) is 10.0 Å². The molecule has 26 heavy (non-hydrogen) atoms. The van der Waals surface area contributed by atoms with Gasteiger partial charge in [-0.15, -0.1) is 12.4 Å². The SMILES string of the molecule is CCCN(CCCc1ccc(F)cc1)CCc1cc(Cl)c(N)c(Cl)c1.Cl. The number of hydrogen-bond acceptors (Lipinski definition) is 2. The number of anilines is 1. The molecule has 2 N–H and O–H groups in total. The Morgan fingerprint density at radius 3 is 2.12 bits per heavy atom. The van der Waals surface area contributed by atoms with Crippen molar-refractivity contribution in [3.05, 3.63) is 63.4 Å². The molecular weight excluding hydrogens is 394 g/mol. The smallest absolute Gasteiger partial charge is 0.123 e. The molecule has 0 bridgehead atoms. The Bertz CT molecular complexity index is 654. The Morgan fingerprint density at radius 2 is 1.54 bits per heavy atom. The van der Waals surface area contributed by atoms with Crippen molar-refractivity contribution in [2.75, 3.05) is 25.4 Å². The second-order valence-electron chi connectivity index (χ2n) is 6.29. The van der Waals surface area contributed by atoms with Crippen LogP contribution >= 0.6 is 35.6 Å². The first-order chi connectivity index (χ1) is 12.0. The van der Waals surface area contributed by atoms with Crippen molar-refractivity contribution in [2.24, 2.45) is 0 Å². The topological polar surface area (TPSA) is 29.3 Å². The molecule has 2 rings (SSSR count). The molecule has 0 aliphatic rings. The van der Waals surface area contributed by atoms with Gasteiger partial charge in [0.25, 0.3) is 0 Å². The molecule has 0 fully saturated rings. The van der Waals surface area contributed by atoms with Crippen LogP contribution in [0.1, 0.15) is 30.9 Å². The standard InChI is InChI=1S/C20H25Cl2FN2.ClH/c1-2-10-25(11-3-4-15-5-7-17(23)8-6-15)12-9-16-13-18(21)20(24)19(22)14-16;/h5-8,13-14H,2-4,9-12,24H2,1H3;1H. The Kier molecular flexibility index (Phi) is 10.3. The van der Waals surface area contributed by atoms with Crippen LogP contribution < -0.4 is 5.73 Å². The molecular formula is C20H26Cl3FN2. The van der Waals surface area contributed by atoms with Gasteiger partial charge in [0, 0.05) is 6.54 Å². The fraction of sp³-hybridized carbons (Fsp3) is 0.400. The number of benzene rings is 2. The second-order valence-corrected chi connectivity index (χ2v) is 7.11. The van der Waals surface area contributed by atoms with Gasteiger partial charge in [-0.3, -0.25) is 0 Å². The van der Waals surface area contributed by atoms with Crippen molar-refractivity contribution in [1.82, 2.24) is 4.90 Å². The van der Waals surface area contributed by atoms with Crippen LogP contribution in [0.25, 0.3) is 0 Å². The lowest BCUT2D eigenvalue weighted by Crippen LogP contribution is -2.28. The highest BCUT2D eigenvalue weighted by atomic mass is 35.5. The Morgan fingerprint density at radius 1 is 0.923 bits per heavy atom. The Balaban J connectivity index is 0.00000338. The summed E-state index contributed by atoms with van der Waals surface area (Å²) in [5.41, 5.74) is 8.51. The summed E-state index contributed by atoms with van der Waals surface area (Å²) in [6.07, 6.45) is 4.00. The maximum Gasteiger partial charge on any atom is 0.123 e. The third-order valence-electron chi connectivity index (χ3n) is 4.25. The van der Waals surface area contributed by atoms with Gasteiger partial charge in [0.15, 0.2) is 0 Å². The summed E-state index contributed by atoms with van der Waals surface area (Å²) in [6, 6.07) is 10.5. The van der Waals surface area contributed by atoms with Gasteiger partial charge >= 0.3 is 0 Å². The van der Waals surface area contributed by atoms with Crippen molar-refractivity contribution in [2.45, 2.75) is 32.6 Å². The van der Waals surface area contributed by atoms with Crippen LogP contribution in [0.3, 0.4) is 0 Å². The van der Waals surface area contributed by atoms with Crippen molar-refractivity contribution < 1.29 is 4.39 Å². The van der Waals surface area contributed by atoms with Crippen LogP contribution in [-0.4, -0.2) is 24.5 Å². The minimum atomic E-state index is -0.183. The first-order valence-electron chi connectivity index (χ1n) is 8.69. The normalized spacial score (nSPS) is 10.8. The van der Waals surface area contributed by atoms with E-state index in [0.29, 0.717) is 15.7 Å². The molecule has 0 amide bonds. The van der Waals surface area contributed by atoms with E-state index < -0.39 is 0 Å². The van der Waals surface area contributed by atoms with Gasteiger partial charge in [-0.1, -0.05) is 42.3 Å². The van der Waals surface area contributed by atoms with Crippen molar-refractivity contribution in [1.29, 1.82) is 0 Å². The number of hydrogen-bond donors (Lipinski definition) is 1. The Labute approximate surface area is 171 Å². The highest BCUT2D eigenvalue weighted by Crippen LogP contribution is 2.29. The summed E-state index contributed by atoms with van der Waals surface area (Å²) < 4.78 is 12.9. The van der Waals surface area contributed by atoms with E-state index in [1.54, 1.807) is 0 Å². The van der Waals surface area contributed by atoms with E-state index in [4.69, 9.17) is 28.9 Å². The van der Waals surface area contributed by atoms with Gasteiger partial charge in [-0.25, -0.2) is 4.39 Å². The van der Waals surface area contributed by atoms with Gasteiger partial charge in [-0.05, 0) is 74.2 Å². The molecule has 0 saturated heterocycles. The molecule has 2 aromatic carbocycles. The first kappa shape index (κ1) is 23.0. The van der Waals surface area contributed by atoms with Crippen LogP contribution in [0, 0.1) is 5.82 Å². The molecule has 0 heterocycles. The molecule has 0 atom stereocenters. The minimum absolute atomic E-state index is 0. The Hall–Kier alpha value is -1.000. The number of rotatable bonds is 9. The lowest BCUT2D eigenvalue weighted by Gasteiger charge is -2.22. The number of nitrogens with two attached hydrogens (primary N) is 1. The molecule has 2 nitrogen and oxygen atoms in total. The number of nitrogens with zero attached hydrogens (tertiary/aromatic N) is 1. The maximum absolute atomic E-state index is 12.9. The van der Waals surface area contributed by atoms with E-state index >= 15 is 0 Å². The van der Waals surface area contributed by atoms with Crippen LogP contribution in [0.15, 0.2) is 36.4 Å². The summed E-state index contributed by atoms with van der Waals surface area (Å²) in [7, 11) is 0. The van der Waals surface area contributed by atoms with Crippen LogP contribution in [-0.2, 0) is 12.8 Å². The summed E-state index contributed by atoms with van der Waals surface area (Å²) in [6.45, 7) is 5.21. The minimum Gasteiger partial charge on any atom is -0.396 e. The molecule has 0 aliphatic carbocycles. The lowest BCUT2D eigenvalue weighted by molar-refractivity contribution is 0.274. The fourth-order valence-electron chi connectivity index (χ4n) is 2.88. The predicted octanol–water partition coefficient (Wildman–Crippen LogP) is 6.02. The van der Waals surface area contributed by atoms with Crippen LogP contribution in [0.4, 0.5) is 10.1 Å². The average molecular weight is 420 g/mol. The predicted molar refractivity (Wildman–Crippen MR) is 113 cm³/mol. The molecule has 0 unspecified atom stereocenters. The van der Waals surface area contributed by atoms with Crippen LogP contribution in [0.5, 0.6) is 0 Å². The van der Waals surface area contributed by atoms with E-state index in [1.807, 2.05) is 24.3 Å². The maximum atomic E-state index is 12.9. The van der Waals surface area contributed by atoms with Crippen molar-refractivity contribution >= 4 is 41.3 Å². The van der Waals surface area contributed by atoms with E-state index in [0.717, 1.165) is 50.9 Å². The molecule has 6 heteroatoms.